The van der Waals surface area contributed by atoms with Crippen molar-refractivity contribution in [2.24, 2.45) is 0 Å². The molecule has 8 nitrogen and oxygen atoms in total. The number of nitrogens with one attached hydrogen (secondary N) is 2. The molecule has 0 radical (unpaired) electrons. The first kappa shape index (κ1) is 27.7. The summed E-state index contributed by atoms with van der Waals surface area (Å²) in [5.41, 5.74) is 1.60. The number of phenols is 1. The second-order valence-corrected chi connectivity index (χ2v) is 9.14. The molecule has 2 aromatic carbocycles. The number of carbonyl (C=O) groups is 3. The molecule has 3 rings (SSSR count). The molecule has 3 aromatic rings. The van der Waals surface area contributed by atoms with E-state index in [0.29, 0.717) is 20.6 Å². The first-order valence-corrected chi connectivity index (χ1v) is 11.3. The maximum absolute atomic E-state index is 12.7. The molecule has 2 amide bonds. The summed E-state index contributed by atoms with van der Waals surface area (Å²) in [6.07, 6.45) is 1.37. The zero-order chi connectivity index (χ0) is 24.1. The topological polar surface area (TPSA) is 129 Å². The third kappa shape index (κ3) is 7.25. The molecule has 11 heteroatoms. The van der Waals surface area contributed by atoms with Gasteiger partial charge in [0.05, 0.1) is 21.1 Å². The number of halogens is 1. The summed E-state index contributed by atoms with van der Waals surface area (Å²) in [5, 5.41) is 24.9. The van der Waals surface area contributed by atoms with E-state index >= 15 is 0 Å². The van der Waals surface area contributed by atoms with E-state index in [9.17, 15) is 24.6 Å². The zero-order valence-corrected chi connectivity index (χ0v) is 23.1. The van der Waals surface area contributed by atoms with Gasteiger partial charge in [0.1, 0.15) is 11.4 Å². The third-order valence-corrected chi connectivity index (χ3v) is 6.21. The SMILES string of the molecule is Cc1nc(C)c(/C=C(\NC(=O)c2ccc(C(=O)NCc3cccc(O)c3)cc2Br)C(=O)O)s1.[H-].[Na+]. The predicted molar refractivity (Wildman–Crippen MR) is 129 cm³/mol. The Morgan fingerprint density at radius 1 is 1.15 bits per heavy atom. The number of aromatic nitrogens is 1. The van der Waals surface area contributed by atoms with Gasteiger partial charge in [0.15, 0.2) is 0 Å². The van der Waals surface area contributed by atoms with Crippen molar-refractivity contribution >= 4 is 51.1 Å². The van der Waals surface area contributed by atoms with Crippen LogP contribution in [0.2, 0.25) is 0 Å². The van der Waals surface area contributed by atoms with Crippen molar-refractivity contribution in [1.82, 2.24) is 15.6 Å². The van der Waals surface area contributed by atoms with Crippen LogP contribution in [-0.2, 0) is 11.3 Å². The summed E-state index contributed by atoms with van der Waals surface area (Å²) >= 11 is 4.61. The molecule has 0 unspecified atom stereocenters. The fourth-order valence-electron chi connectivity index (χ4n) is 2.94. The minimum atomic E-state index is -1.28. The number of aliphatic carboxylic acids is 1. The van der Waals surface area contributed by atoms with Gasteiger partial charge in [-0.2, -0.15) is 0 Å². The molecule has 0 saturated heterocycles. The fraction of sp³-hybridized carbons (Fsp3) is 0.130. The van der Waals surface area contributed by atoms with Gasteiger partial charge in [-0.05, 0) is 71.7 Å². The predicted octanol–water partition coefficient (Wildman–Crippen LogP) is 1.13. The van der Waals surface area contributed by atoms with Gasteiger partial charge in [-0.3, -0.25) is 9.59 Å². The average molecular weight is 554 g/mol. The van der Waals surface area contributed by atoms with Gasteiger partial charge >= 0.3 is 35.5 Å². The molecule has 0 aliphatic rings. The van der Waals surface area contributed by atoms with Crippen LogP contribution in [0.4, 0.5) is 0 Å². The summed E-state index contributed by atoms with van der Waals surface area (Å²) in [6, 6.07) is 10.9. The van der Waals surface area contributed by atoms with Crippen molar-refractivity contribution in [1.29, 1.82) is 0 Å². The molecule has 0 bridgehead atoms. The van der Waals surface area contributed by atoms with E-state index in [1.807, 2.05) is 6.92 Å². The number of benzene rings is 2. The second kappa shape index (κ2) is 12.3. The van der Waals surface area contributed by atoms with Gasteiger partial charge in [-0.1, -0.05) is 12.1 Å². The van der Waals surface area contributed by atoms with E-state index in [0.717, 1.165) is 10.6 Å². The molecule has 4 N–H and O–H groups in total. The summed E-state index contributed by atoms with van der Waals surface area (Å²) < 4.78 is 0.333. The molecule has 0 spiro atoms. The van der Waals surface area contributed by atoms with Gasteiger partial charge in [-0.25, -0.2) is 9.78 Å². The summed E-state index contributed by atoms with van der Waals surface area (Å²) in [4.78, 5) is 41.7. The van der Waals surface area contributed by atoms with Gasteiger partial charge in [-0.15, -0.1) is 11.3 Å². The zero-order valence-electron chi connectivity index (χ0n) is 19.7. The van der Waals surface area contributed by atoms with Crippen molar-refractivity contribution < 1.29 is 55.6 Å². The number of hydrogen-bond donors (Lipinski definition) is 4. The number of carboxylic acids is 1. The standard InChI is InChI=1S/C23H20BrN3O5S.Na.H/c1-12-20(33-13(2)26-12)10-19(23(31)32)27-22(30)17-7-6-15(9-18(17)24)21(29)25-11-14-4-3-5-16(28)8-14;;/h3-10,28H,11H2,1-2H3,(H,25,29)(H,27,30)(H,31,32);;/q;+1;-1/b19-10-;;. The minimum Gasteiger partial charge on any atom is -1.00 e. The van der Waals surface area contributed by atoms with Crippen LogP contribution in [0.15, 0.2) is 52.6 Å². The van der Waals surface area contributed by atoms with E-state index in [1.165, 1.54) is 41.7 Å². The Balaban J connectivity index is 0.00000306. The Bertz CT molecular complexity index is 1280. The first-order chi connectivity index (χ1) is 15.6. The number of phenolic OH excluding ortho intramolecular Hbond substituents is 1. The van der Waals surface area contributed by atoms with E-state index in [-0.39, 0.29) is 60.4 Å². The van der Waals surface area contributed by atoms with Crippen LogP contribution in [0, 0.1) is 13.8 Å². The Morgan fingerprint density at radius 2 is 1.88 bits per heavy atom. The van der Waals surface area contributed by atoms with E-state index < -0.39 is 11.9 Å². The number of rotatable bonds is 7. The van der Waals surface area contributed by atoms with Crippen molar-refractivity contribution in [3.8, 4) is 5.75 Å². The summed E-state index contributed by atoms with van der Waals surface area (Å²) in [5.74, 6) is -2.18. The van der Waals surface area contributed by atoms with Gasteiger partial charge in [0.25, 0.3) is 11.8 Å². The number of aryl methyl sites for hydroxylation is 2. The molecule has 34 heavy (non-hydrogen) atoms. The van der Waals surface area contributed by atoms with Crippen LogP contribution in [-0.4, -0.2) is 33.0 Å². The molecular weight excluding hydrogens is 533 g/mol. The number of thiazole rings is 1. The minimum absolute atomic E-state index is 0. The van der Waals surface area contributed by atoms with Crippen LogP contribution >= 0.6 is 27.3 Å². The van der Waals surface area contributed by atoms with Gasteiger partial charge < -0.3 is 22.3 Å². The first-order valence-electron chi connectivity index (χ1n) is 9.70. The molecule has 1 aromatic heterocycles. The largest absolute Gasteiger partial charge is 1.00 e. The normalized spacial score (nSPS) is 10.9. The van der Waals surface area contributed by atoms with Crippen molar-refractivity contribution in [2.45, 2.75) is 20.4 Å². The monoisotopic (exact) mass is 553 g/mol. The van der Waals surface area contributed by atoms with E-state index in [2.05, 4.69) is 31.5 Å². The fourth-order valence-corrected chi connectivity index (χ4v) is 4.37. The molecule has 172 valence electrons. The molecule has 0 aliphatic heterocycles. The Labute approximate surface area is 232 Å². The van der Waals surface area contributed by atoms with Gasteiger partial charge in [0.2, 0.25) is 0 Å². The van der Waals surface area contributed by atoms with Crippen LogP contribution in [0.1, 0.15) is 43.3 Å². The van der Waals surface area contributed by atoms with Gasteiger partial charge in [0, 0.05) is 16.6 Å². The Kier molecular flexibility index (Phi) is 10.0. The second-order valence-electron chi connectivity index (χ2n) is 7.05. The number of carbonyl (C=O) groups excluding carboxylic acids is 2. The number of nitrogens with zero attached hydrogens (tertiary/aromatic N) is 1. The smallest absolute Gasteiger partial charge is 1.00 e. The molecule has 0 atom stereocenters. The number of carboxylic acid groups (broad SMARTS) is 1. The van der Waals surface area contributed by atoms with Crippen LogP contribution in [0.25, 0.3) is 6.08 Å². The number of aromatic hydroxyl groups is 1. The Morgan fingerprint density at radius 3 is 2.47 bits per heavy atom. The third-order valence-electron chi connectivity index (χ3n) is 4.53. The van der Waals surface area contributed by atoms with E-state index in [1.54, 1.807) is 25.1 Å². The van der Waals surface area contributed by atoms with Crippen LogP contribution in [0.5, 0.6) is 5.75 Å². The van der Waals surface area contributed by atoms with E-state index in [4.69, 9.17) is 0 Å². The Hall–Kier alpha value is -2.50. The molecule has 0 fully saturated rings. The van der Waals surface area contributed by atoms with Crippen molar-refractivity contribution in [2.75, 3.05) is 0 Å². The molecule has 1 heterocycles. The maximum atomic E-state index is 12.7. The van der Waals surface area contributed by atoms with Crippen LogP contribution < -0.4 is 40.2 Å². The van der Waals surface area contributed by atoms with Crippen LogP contribution in [0.3, 0.4) is 0 Å². The summed E-state index contributed by atoms with van der Waals surface area (Å²) in [7, 11) is 0. The van der Waals surface area contributed by atoms with Crippen molar-refractivity contribution in [3.05, 3.63) is 84.9 Å². The molecule has 0 saturated carbocycles. The maximum Gasteiger partial charge on any atom is 1.00 e. The number of amides is 2. The number of hydrogen-bond acceptors (Lipinski definition) is 6. The quantitative estimate of drug-likeness (QED) is 0.256. The average Bonchev–Trinajstić information content (AvgIpc) is 3.07. The summed E-state index contributed by atoms with van der Waals surface area (Å²) in [6.45, 7) is 3.79. The van der Waals surface area contributed by atoms with Crippen molar-refractivity contribution in [3.63, 3.8) is 0 Å². The molecular formula is C23H21BrN3NaO5S. The molecule has 0 aliphatic carbocycles.